The van der Waals surface area contributed by atoms with E-state index in [9.17, 15) is 8.42 Å². The normalized spacial score (nSPS) is 17.7. The Balaban J connectivity index is 1.62. The van der Waals surface area contributed by atoms with E-state index in [0.717, 1.165) is 43.4 Å². The molecule has 1 atom stereocenters. The van der Waals surface area contributed by atoms with Crippen LogP contribution in [0, 0.1) is 6.92 Å². The average Bonchev–Trinajstić information content (AvgIpc) is 2.93. The third-order valence-corrected chi connectivity index (χ3v) is 4.97. The van der Waals surface area contributed by atoms with Gasteiger partial charge in [0.05, 0.1) is 12.8 Å². The predicted molar refractivity (Wildman–Crippen MR) is 92.0 cm³/mol. The van der Waals surface area contributed by atoms with E-state index in [1.165, 1.54) is 11.1 Å². The van der Waals surface area contributed by atoms with Crippen LogP contribution >= 0.6 is 0 Å². The van der Waals surface area contributed by atoms with Crippen LogP contribution in [0.2, 0.25) is 0 Å². The van der Waals surface area contributed by atoms with Crippen molar-refractivity contribution in [2.24, 2.45) is 0 Å². The highest BCUT2D eigenvalue weighted by Crippen LogP contribution is 2.25. The number of hydrogen-bond donors (Lipinski definition) is 2. The van der Waals surface area contributed by atoms with Gasteiger partial charge < -0.3 is 9.84 Å². The summed E-state index contributed by atoms with van der Waals surface area (Å²) in [5, 5.41) is 7.62. The monoisotopic (exact) mass is 349 g/mol. The predicted octanol–water partition coefficient (Wildman–Crippen LogP) is 1.68. The molecule has 24 heavy (non-hydrogen) atoms. The molecule has 0 aliphatic heterocycles. The smallest absolute Gasteiger partial charge is 0.209 e. The van der Waals surface area contributed by atoms with Crippen LogP contribution in [0.3, 0.4) is 0 Å². The number of aryl methyl sites for hydroxylation is 2. The second-order valence-electron chi connectivity index (χ2n) is 6.43. The molecule has 0 spiro atoms. The number of sulfonamides is 1. The SMILES string of the molecule is Cc1cccc(CNC2CCc3onc(CNS(C)(=O)=O)c3C2)c1. The zero-order valence-corrected chi connectivity index (χ0v) is 14.8. The minimum atomic E-state index is -3.24. The number of nitrogens with zero attached hydrogens (tertiary/aromatic N) is 1. The molecule has 1 aromatic heterocycles. The first-order valence-electron chi connectivity index (χ1n) is 8.10. The van der Waals surface area contributed by atoms with Gasteiger partial charge in [0.25, 0.3) is 0 Å². The Labute approximate surface area is 142 Å². The molecule has 0 radical (unpaired) electrons. The van der Waals surface area contributed by atoms with Gasteiger partial charge in [-0.05, 0) is 25.3 Å². The summed E-state index contributed by atoms with van der Waals surface area (Å²) in [4.78, 5) is 0. The standard InChI is InChI=1S/C17H23N3O3S/c1-12-4-3-5-13(8-12)10-18-14-6-7-17-15(9-14)16(20-23-17)11-19-24(2,21)22/h3-5,8,14,18-19H,6-7,9-11H2,1-2H3. The zero-order valence-electron chi connectivity index (χ0n) is 14.0. The zero-order chi connectivity index (χ0) is 17.2. The van der Waals surface area contributed by atoms with Crippen molar-refractivity contribution in [3.05, 3.63) is 52.4 Å². The van der Waals surface area contributed by atoms with E-state index in [2.05, 4.69) is 46.4 Å². The third kappa shape index (κ3) is 4.43. The van der Waals surface area contributed by atoms with Gasteiger partial charge in [0, 0.05) is 24.6 Å². The van der Waals surface area contributed by atoms with Crippen LogP contribution in [0.4, 0.5) is 0 Å². The molecule has 1 unspecified atom stereocenters. The molecule has 1 aromatic carbocycles. The molecule has 1 aliphatic rings. The van der Waals surface area contributed by atoms with Gasteiger partial charge >= 0.3 is 0 Å². The van der Waals surface area contributed by atoms with E-state index in [1.807, 2.05) is 0 Å². The highest BCUT2D eigenvalue weighted by Gasteiger charge is 2.25. The first-order chi connectivity index (χ1) is 11.4. The second kappa shape index (κ2) is 7.04. The van der Waals surface area contributed by atoms with Crippen LogP contribution in [0.1, 0.15) is 34.6 Å². The van der Waals surface area contributed by atoms with Gasteiger partial charge in [0.1, 0.15) is 11.5 Å². The average molecular weight is 349 g/mol. The first kappa shape index (κ1) is 17.1. The number of nitrogens with one attached hydrogen (secondary N) is 2. The van der Waals surface area contributed by atoms with Crippen molar-refractivity contribution in [1.82, 2.24) is 15.2 Å². The molecule has 3 rings (SSSR count). The fourth-order valence-electron chi connectivity index (χ4n) is 3.06. The summed E-state index contributed by atoms with van der Waals surface area (Å²) < 4.78 is 30.4. The lowest BCUT2D eigenvalue weighted by Gasteiger charge is -2.23. The molecule has 0 bridgehead atoms. The summed E-state index contributed by atoms with van der Waals surface area (Å²) in [5.41, 5.74) is 4.26. The highest BCUT2D eigenvalue weighted by atomic mass is 32.2. The van der Waals surface area contributed by atoms with E-state index in [-0.39, 0.29) is 6.54 Å². The Morgan fingerprint density at radius 1 is 1.33 bits per heavy atom. The largest absolute Gasteiger partial charge is 0.361 e. The van der Waals surface area contributed by atoms with Crippen LogP contribution in [0.15, 0.2) is 28.8 Å². The van der Waals surface area contributed by atoms with Gasteiger partial charge in [0.15, 0.2) is 0 Å². The maximum Gasteiger partial charge on any atom is 0.209 e. The van der Waals surface area contributed by atoms with Gasteiger partial charge in [-0.15, -0.1) is 0 Å². The summed E-state index contributed by atoms with van der Waals surface area (Å²) in [6, 6.07) is 8.81. The number of benzene rings is 1. The lowest BCUT2D eigenvalue weighted by Crippen LogP contribution is -2.34. The van der Waals surface area contributed by atoms with Crippen molar-refractivity contribution in [2.75, 3.05) is 6.26 Å². The summed E-state index contributed by atoms with van der Waals surface area (Å²) in [6.45, 7) is 3.10. The van der Waals surface area contributed by atoms with E-state index in [4.69, 9.17) is 4.52 Å². The molecule has 0 saturated heterocycles. The molecule has 0 fully saturated rings. The van der Waals surface area contributed by atoms with E-state index < -0.39 is 10.0 Å². The molecule has 2 aromatic rings. The quantitative estimate of drug-likeness (QED) is 0.829. The van der Waals surface area contributed by atoms with Crippen molar-refractivity contribution >= 4 is 10.0 Å². The molecule has 6 nitrogen and oxygen atoms in total. The van der Waals surface area contributed by atoms with Gasteiger partial charge in [0.2, 0.25) is 10.0 Å². The molecule has 7 heteroatoms. The molecule has 1 aliphatic carbocycles. The van der Waals surface area contributed by atoms with E-state index in [1.54, 1.807) is 0 Å². The molecule has 0 saturated carbocycles. The fourth-order valence-corrected chi connectivity index (χ4v) is 3.46. The molecule has 1 heterocycles. The minimum absolute atomic E-state index is 0.183. The molecular weight excluding hydrogens is 326 g/mol. The fraction of sp³-hybridized carbons (Fsp3) is 0.471. The Bertz CT molecular complexity index is 814. The topological polar surface area (TPSA) is 84.2 Å². The van der Waals surface area contributed by atoms with Gasteiger partial charge in [-0.25, -0.2) is 13.1 Å². The first-order valence-corrected chi connectivity index (χ1v) is 10.00. The van der Waals surface area contributed by atoms with Crippen LogP contribution in [-0.4, -0.2) is 25.9 Å². The Morgan fingerprint density at radius 2 is 2.17 bits per heavy atom. The Kier molecular flexibility index (Phi) is 5.03. The second-order valence-corrected chi connectivity index (χ2v) is 8.27. The summed E-state index contributed by atoms with van der Waals surface area (Å²) >= 11 is 0. The number of aromatic nitrogens is 1. The van der Waals surface area contributed by atoms with E-state index >= 15 is 0 Å². The Hall–Kier alpha value is -1.70. The lowest BCUT2D eigenvalue weighted by atomic mass is 9.92. The van der Waals surface area contributed by atoms with Gasteiger partial charge in [-0.1, -0.05) is 35.0 Å². The van der Waals surface area contributed by atoms with Crippen molar-refractivity contribution in [3.8, 4) is 0 Å². The maximum absolute atomic E-state index is 11.3. The van der Waals surface area contributed by atoms with Gasteiger partial charge in [-0.2, -0.15) is 0 Å². The van der Waals surface area contributed by atoms with Crippen molar-refractivity contribution in [2.45, 2.75) is 45.3 Å². The summed E-state index contributed by atoms with van der Waals surface area (Å²) in [5.74, 6) is 0.883. The molecule has 0 amide bonds. The highest BCUT2D eigenvalue weighted by molar-refractivity contribution is 7.88. The summed E-state index contributed by atoms with van der Waals surface area (Å²) in [6.07, 6.45) is 3.77. The van der Waals surface area contributed by atoms with Crippen molar-refractivity contribution < 1.29 is 12.9 Å². The summed E-state index contributed by atoms with van der Waals surface area (Å²) in [7, 11) is -3.24. The van der Waals surface area contributed by atoms with Crippen LogP contribution < -0.4 is 10.0 Å². The molecule has 2 N–H and O–H groups in total. The molecular formula is C17H23N3O3S. The Morgan fingerprint density at radius 3 is 2.92 bits per heavy atom. The van der Waals surface area contributed by atoms with Crippen molar-refractivity contribution in [3.63, 3.8) is 0 Å². The minimum Gasteiger partial charge on any atom is -0.361 e. The number of hydrogen-bond acceptors (Lipinski definition) is 5. The van der Waals surface area contributed by atoms with Gasteiger partial charge in [-0.3, -0.25) is 0 Å². The maximum atomic E-state index is 11.3. The van der Waals surface area contributed by atoms with Crippen LogP contribution in [0.25, 0.3) is 0 Å². The van der Waals surface area contributed by atoms with Crippen LogP contribution in [0.5, 0.6) is 0 Å². The molecule has 130 valence electrons. The number of fused-ring (bicyclic) bond motifs is 1. The van der Waals surface area contributed by atoms with Crippen LogP contribution in [-0.2, 0) is 36.0 Å². The third-order valence-electron chi connectivity index (χ3n) is 4.30. The van der Waals surface area contributed by atoms with E-state index in [0.29, 0.717) is 11.7 Å². The lowest BCUT2D eigenvalue weighted by molar-refractivity contribution is 0.351. The number of rotatable bonds is 6. The van der Waals surface area contributed by atoms with Crippen molar-refractivity contribution in [1.29, 1.82) is 0 Å².